The molecule has 0 aromatic rings. The molecule has 0 atom stereocenters. The van der Waals surface area contributed by atoms with Crippen molar-refractivity contribution in [3.63, 3.8) is 0 Å². The molecule has 0 radical (unpaired) electrons. The third-order valence-corrected chi connectivity index (χ3v) is 5.19. The first-order chi connectivity index (χ1) is 11.7. The molecule has 0 bridgehead atoms. The van der Waals surface area contributed by atoms with Crippen LogP contribution in [0.25, 0.3) is 0 Å². The molecule has 34 heavy (non-hydrogen) atoms. The second-order valence-electron chi connectivity index (χ2n) is 6.89. The number of halogens is 8. The first-order valence-corrected chi connectivity index (χ1v) is 9.51. The van der Waals surface area contributed by atoms with Gasteiger partial charge in [0.25, 0.3) is 0 Å². The van der Waals surface area contributed by atoms with Crippen molar-refractivity contribution in [2.75, 3.05) is 105 Å². The smallest absolute Gasteiger partial charge is 1.00 e. The first kappa shape index (κ1) is 65.9. The normalized spacial score (nSPS) is 21.5. The summed E-state index contributed by atoms with van der Waals surface area (Å²) in [6.07, 6.45) is 0. The fraction of sp³-hybridized carbons (Fsp3) is 1.00. The number of quaternary nitrogens is 4. The van der Waals surface area contributed by atoms with E-state index in [9.17, 15) is 0 Å². The number of nitrogens with one attached hydrogen (secondary N) is 4. The molecule has 2 fully saturated rings. The Labute approximate surface area is 280 Å². The standard InChI is InChI=1S/2C8H18N2O2.8ClH.2Zn/c2*11-7-5-9-1-2-10(4-3-9)6-8-12;;;;;;;;;;/h2*11-12H,1-8H2;8*1H;;/q;;;;;;;;;;2*+2/p-4. The van der Waals surface area contributed by atoms with E-state index in [2.05, 4.69) is 0 Å². The van der Waals surface area contributed by atoms with Crippen molar-refractivity contribution < 1.29 is 178 Å². The van der Waals surface area contributed by atoms with Crippen LogP contribution in [0.2, 0.25) is 0 Å². The minimum Gasteiger partial charge on any atom is -1.00 e. The molecule has 2 rings (SSSR count). The van der Waals surface area contributed by atoms with Crippen molar-refractivity contribution in [1.82, 2.24) is 0 Å². The molecule has 0 saturated carbocycles. The van der Waals surface area contributed by atoms with Gasteiger partial charge in [0.2, 0.25) is 0 Å². The Kier molecular flexibility index (Phi) is 89.4. The third-order valence-electron chi connectivity index (χ3n) is 5.19. The van der Waals surface area contributed by atoms with E-state index in [1.807, 2.05) is 0 Å². The van der Waals surface area contributed by atoms with Crippen LogP contribution in [0.15, 0.2) is 0 Å². The predicted molar refractivity (Wildman–Crippen MR) is 90.6 cm³/mol. The number of hydrogen-bond donors (Lipinski definition) is 8. The Morgan fingerprint density at radius 2 is 0.441 bits per heavy atom. The topological polar surface area (TPSA) is 98.7 Å². The van der Waals surface area contributed by atoms with Gasteiger partial charge in [0.15, 0.2) is 0 Å². The second-order valence-corrected chi connectivity index (χ2v) is 6.89. The summed E-state index contributed by atoms with van der Waals surface area (Å²) in [4.78, 5) is 6.00. The summed E-state index contributed by atoms with van der Waals surface area (Å²) in [5, 5.41) is 34.9. The van der Waals surface area contributed by atoms with Crippen LogP contribution in [0.1, 0.15) is 0 Å². The molecule has 8 N–H and O–H groups in total. The van der Waals surface area contributed by atoms with E-state index >= 15 is 0 Å². The minimum atomic E-state index is 0. The van der Waals surface area contributed by atoms with Crippen LogP contribution in [-0.4, -0.2) is 125 Å². The Morgan fingerprint density at radius 3 is 0.529 bits per heavy atom. The van der Waals surface area contributed by atoms with Gasteiger partial charge in [0, 0.05) is 0 Å². The maximum absolute atomic E-state index is 8.72. The van der Waals surface area contributed by atoms with Crippen molar-refractivity contribution in [3.8, 4) is 0 Å². The summed E-state index contributed by atoms with van der Waals surface area (Å²) in [5.74, 6) is 0. The number of rotatable bonds is 8. The van der Waals surface area contributed by atoms with Gasteiger partial charge in [-0.3, -0.25) is 0 Å². The molecule has 0 amide bonds. The van der Waals surface area contributed by atoms with Crippen molar-refractivity contribution in [2.45, 2.75) is 0 Å². The monoisotopic (exact) mass is 760 g/mol. The summed E-state index contributed by atoms with van der Waals surface area (Å²) in [6, 6.07) is 0. The van der Waals surface area contributed by atoms with Crippen LogP contribution in [0.4, 0.5) is 0 Å². The van der Waals surface area contributed by atoms with E-state index in [0.29, 0.717) is 26.4 Å². The van der Waals surface area contributed by atoms with Gasteiger partial charge in [-0.2, -0.15) is 0 Å². The molecule has 0 aromatic heterocycles. The van der Waals surface area contributed by atoms with E-state index in [0.717, 1.165) is 78.5 Å². The summed E-state index contributed by atoms with van der Waals surface area (Å²) in [6.45, 7) is 13.8. The predicted octanol–water partition coefficient (Wildman–Crippen LogP) is -32.5. The fourth-order valence-electron chi connectivity index (χ4n) is 3.55. The molecular formula is C16H40Cl8N4O4Zn2. The quantitative estimate of drug-likeness (QED) is 0.118. The first-order valence-electron chi connectivity index (χ1n) is 9.51. The van der Waals surface area contributed by atoms with Crippen LogP contribution in [-0.2, 0) is 39.0 Å². The van der Waals surface area contributed by atoms with Gasteiger partial charge in [-0.25, -0.2) is 0 Å². The zero-order valence-corrected chi connectivity index (χ0v) is 31.5. The van der Waals surface area contributed by atoms with Crippen LogP contribution in [0, 0.1) is 0 Å². The van der Waals surface area contributed by atoms with Crippen molar-refractivity contribution in [1.29, 1.82) is 0 Å². The number of hydrogen-bond acceptors (Lipinski definition) is 4. The Bertz CT molecular complexity index is 264. The van der Waals surface area contributed by atoms with Gasteiger partial charge in [0.05, 0.1) is 26.4 Å². The molecule has 18 heteroatoms. The maximum atomic E-state index is 8.72. The van der Waals surface area contributed by atoms with E-state index < -0.39 is 0 Å². The Hall–Kier alpha value is 3.25. The average Bonchev–Trinajstić information content (AvgIpc) is 2.60. The van der Waals surface area contributed by atoms with Crippen molar-refractivity contribution in [3.05, 3.63) is 0 Å². The van der Waals surface area contributed by atoms with Gasteiger partial charge >= 0.3 is 39.0 Å². The zero-order chi connectivity index (χ0) is 17.6. The molecule has 0 spiro atoms. The van der Waals surface area contributed by atoms with Gasteiger partial charge in [-0.15, -0.1) is 0 Å². The van der Waals surface area contributed by atoms with Crippen LogP contribution >= 0.6 is 0 Å². The van der Waals surface area contributed by atoms with Gasteiger partial charge in [-0.1, -0.05) is 0 Å². The summed E-state index contributed by atoms with van der Waals surface area (Å²) in [5.41, 5.74) is 0. The molecule has 0 aromatic carbocycles. The molecule has 2 saturated heterocycles. The summed E-state index contributed by atoms with van der Waals surface area (Å²) >= 11 is 0. The molecule has 8 nitrogen and oxygen atoms in total. The van der Waals surface area contributed by atoms with Gasteiger partial charge in [-0.05, 0) is 0 Å². The van der Waals surface area contributed by atoms with Crippen LogP contribution in [0.5, 0.6) is 0 Å². The Balaban J connectivity index is -0.0000000327. The molecular weight excluding hydrogens is 727 g/mol. The Morgan fingerprint density at radius 1 is 0.324 bits per heavy atom. The second kappa shape index (κ2) is 46.1. The molecule has 2 aliphatic heterocycles. The number of piperazine rings is 2. The van der Waals surface area contributed by atoms with Crippen molar-refractivity contribution >= 4 is 0 Å². The molecule has 208 valence electrons. The van der Waals surface area contributed by atoms with E-state index in [1.54, 1.807) is 0 Å². The third kappa shape index (κ3) is 33.3. The SMILES string of the molecule is OCC[NH+]1CC[NH+](CCO)CC1.OCC[NH+]1CC[NH+](CCO)CC1.[Cl-].[Cl-].[Cl-].[Cl-].[Cl-].[Cl-].[Cl-].[Cl-].[Zn+2].[Zn+2]. The molecule has 0 aliphatic carbocycles. The van der Waals surface area contributed by atoms with E-state index in [-0.39, 0.29) is 138 Å². The molecule has 2 heterocycles. The zero-order valence-electron chi connectivity index (χ0n) is 19.5. The number of aliphatic hydroxyl groups excluding tert-OH is 4. The fourth-order valence-corrected chi connectivity index (χ4v) is 3.55. The van der Waals surface area contributed by atoms with Crippen LogP contribution in [0.3, 0.4) is 0 Å². The minimum absolute atomic E-state index is 0. The van der Waals surface area contributed by atoms with Crippen molar-refractivity contribution in [2.24, 2.45) is 0 Å². The number of aliphatic hydroxyl groups is 4. The summed E-state index contributed by atoms with van der Waals surface area (Å²) < 4.78 is 0. The maximum Gasteiger partial charge on any atom is 2.00 e. The molecule has 2 aliphatic rings. The largest absolute Gasteiger partial charge is 2.00 e. The average molecular weight is 767 g/mol. The van der Waals surface area contributed by atoms with E-state index in [4.69, 9.17) is 20.4 Å². The van der Waals surface area contributed by atoms with Gasteiger partial charge < -0.3 is 139 Å². The molecule has 0 unspecified atom stereocenters. The summed E-state index contributed by atoms with van der Waals surface area (Å²) in [7, 11) is 0. The van der Waals surface area contributed by atoms with Crippen LogP contribution < -0.4 is 119 Å². The van der Waals surface area contributed by atoms with E-state index in [1.165, 1.54) is 19.6 Å². The van der Waals surface area contributed by atoms with Gasteiger partial charge in [0.1, 0.15) is 78.5 Å².